The Labute approximate surface area is 237 Å². The molecule has 1 amide bonds. The summed E-state index contributed by atoms with van der Waals surface area (Å²) >= 11 is 18.5. The molecule has 0 spiro atoms. The van der Waals surface area contributed by atoms with Crippen molar-refractivity contribution in [2.24, 2.45) is 4.99 Å². The highest BCUT2D eigenvalue weighted by atomic mass is 35.6. The topological polar surface area (TPSA) is 88.4 Å². The highest BCUT2D eigenvalue weighted by molar-refractivity contribution is 8.03. The number of methoxy groups -OCH3 is 1. The zero-order valence-electron chi connectivity index (χ0n) is 22.2. The number of thioether (sulfide) groups is 1. The van der Waals surface area contributed by atoms with Gasteiger partial charge in [0.1, 0.15) is 17.7 Å². The number of nitrogens with zero attached hydrogens (tertiary/aromatic N) is 2. The van der Waals surface area contributed by atoms with Crippen LogP contribution in [-0.4, -0.2) is 62.7 Å². The molecule has 204 valence electrons. The molecule has 0 saturated carbocycles. The third-order valence-corrected chi connectivity index (χ3v) is 7.93. The second-order valence-corrected chi connectivity index (χ2v) is 14.8. The van der Waals surface area contributed by atoms with E-state index in [1.54, 1.807) is 18.5 Å². The predicted molar refractivity (Wildman–Crippen MR) is 150 cm³/mol. The van der Waals surface area contributed by atoms with Crippen molar-refractivity contribution in [3.63, 3.8) is 0 Å². The first kappa shape index (κ1) is 30.1. The number of β-lactam (4-membered cyclic amide) rings is 1. The van der Waals surface area contributed by atoms with Crippen molar-refractivity contribution in [3.8, 4) is 5.75 Å². The number of alkyl halides is 3. The number of rotatable bonds is 5. The van der Waals surface area contributed by atoms with E-state index >= 15 is 0 Å². The van der Waals surface area contributed by atoms with Crippen LogP contribution in [0.5, 0.6) is 5.75 Å². The normalized spacial score (nSPS) is 24.6. The van der Waals surface area contributed by atoms with Crippen LogP contribution < -0.4 is 0 Å². The van der Waals surface area contributed by atoms with Crippen LogP contribution in [0.2, 0.25) is 0 Å². The molecule has 1 aromatic carbocycles. The van der Waals surface area contributed by atoms with Gasteiger partial charge in [-0.05, 0) is 46.4 Å². The molecule has 1 N–H and O–H groups in total. The van der Waals surface area contributed by atoms with Gasteiger partial charge in [-0.1, -0.05) is 76.3 Å². The van der Waals surface area contributed by atoms with Gasteiger partial charge in [0.25, 0.3) is 11.6 Å². The van der Waals surface area contributed by atoms with Crippen molar-refractivity contribution >= 4 is 64.7 Å². The van der Waals surface area contributed by atoms with Gasteiger partial charge in [0, 0.05) is 24.5 Å². The molecular formula is C26H33Cl3N2O5S. The van der Waals surface area contributed by atoms with Crippen LogP contribution in [0.3, 0.4) is 0 Å². The Balaban J connectivity index is 1.97. The number of esters is 1. The number of hydrogen-bond donors (Lipinski definition) is 1. The Morgan fingerprint density at radius 2 is 1.70 bits per heavy atom. The van der Waals surface area contributed by atoms with E-state index in [4.69, 9.17) is 44.3 Å². The summed E-state index contributed by atoms with van der Waals surface area (Å²) in [4.78, 5) is 32.3. The molecule has 2 heterocycles. The maximum Gasteiger partial charge on any atom is 0.333 e. The van der Waals surface area contributed by atoms with E-state index in [1.165, 1.54) is 23.8 Å². The number of carbonyl (C=O) groups is 2. The van der Waals surface area contributed by atoms with Crippen molar-refractivity contribution in [2.75, 3.05) is 13.7 Å². The summed E-state index contributed by atoms with van der Waals surface area (Å²) in [5, 5.41) is 12.2. The lowest BCUT2D eigenvalue weighted by Crippen LogP contribution is -2.76. The van der Waals surface area contributed by atoms with Gasteiger partial charge in [0.05, 0.1) is 0 Å². The number of ether oxygens (including phenoxy) is 2. The van der Waals surface area contributed by atoms with E-state index in [0.717, 1.165) is 16.7 Å². The summed E-state index contributed by atoms with van der Waals surface area (Å²) in [5.41, 5.74) is 0.725. The Kier molecular flexibility index (Phi) is 8.35. The molecule has 1 aromatic rings. The van der Waals surface area contributed by atoms with Gasteiger partial charge in [-0.15, -0.1) is 11.8 Å². The molecular weight excluding hydrogens is 559 g/mol. The summed E-state index contributed by atoms with van der Waals surface area (Å²) in [6, 6.07) is 2.76. The van der Waals surface area contributed by atoms with Crippen LogP contribution in [0.15, 0.2) is 28.1 Å². The van der Waals surface area contributed by atoms with Crippen LogP contribution in [0, 0.1) is 0 Å². The van der Waals surface area contributed by atoms with Crippen molar-refractivity contribution < 1.29 is 24.2 Å². The smallest absolute Gasteiger partial charge is 0.333 e. The number of benzene rings is 1. The first-order chi connectivity index (χ1) is 16.8. The van der Waals surface area contributed by atoms with Crippen LogP contribution in [0.4, 0.5) is 0 Å². The van der Waals surface area contributed by atoms with Gasteiger partial charge in [-0.3, -0.25) is 4.79 Å². The number of aliphatic imine (C=N–C) groups is 1. The molecule has 0 bridgehead atoms. The molecule has 0 aromatic heterocycles. The minimum atomic E-state index is -1.77. The van der Waals surface area contributed by atoms with E-state index in [9.17, 15) is 14.7 Å². The van der Waals surface area contributed by atoms with Gasteiger partial charge in [0.15, 0.2) is 6.04 Å². The average Bonchev–Trinajstić information content (AvgIpc) is 2.76. The Bertz CT molecular complexity index is 1120. The summed E-state index contributed by atoms with van der Waals surface area (Å²) in [5.74, 6) is -0.919. The minimum absolute atomic E-state index is 0.254. The van der Waals surface area contributed by atoms with E-state index in [0.29, 0.717) is 5.57 Å². The average molecular weight is 592 g/mol. The molecule has 7 nitrogen and oxygen atoms in total. The predicted octanol–water partition coefficient (Wildman–Crippen LogP) is 5.85. The molecule has 2 aliphatic rings. The number of halogens is 3. The number of amides is 1. The standard InChI is InChI=1S/C26H33Cl3N2O5S/c1-14-12-37-22-26(35-8,21(34)31(22)18(14)20(33)36-13-25(27,28)29)30-11-15-9-16(23(2,3)4)19(32)17(10-15)24(5,6)7/h9-12,18,22,32H,13H2,1-8H3/t18?,22-,26+/m1/s1. The fourth-order valence-electron chi connectivity index (χ4n) is 4.32. The Morgan fingerprint density at radius 1 is 1.16 bits per heavy atom. The van der Waals surface area contributed by atoms with Gasteiger partial charge >= 0.3 is 5.97 Å². The molecule has 0 radical (unpaired) electrons. The molecule has 2 aliphatic heterocycles. The lowest BCUT2D eigenvalue weighted by molar-refractivity contribution is -0.193. The third-order valence-electron chi connectivity index (χ3n) is 6.29. The number of hydrogen-bond acceptors (Lipinski definition) is 7. The fourth-order valence-corrected chi connectivity index (χ4v) is 5.75. The van der Waals surface area contributed by atoms with E-state index in [2.05, 4.69) is 4.99 Å². The number of phenols is 1. The summed E-state index contributed by atoms with van der Waals surface area (Å²) in [7, 11) is 1.41. The molecule has 0 aliphatic carbocycles. The van der Waals surface area contributed by atoms with Gasteiger partial charge in [-0.25, -0.2) is 9.79 Å². The van der Waals surface area contributed by atoms with Crippen LogP contribution in [0.1, 0.15) is 65.2 Å². The van der Waals surface area contributed by atoms with Gasteiger partial charge < -0.3 is 19.5 Å². The third kappa shape index (κ3) is 5.93. The minimum Gasteiger partial charge on any atom is -0.507 e. The number of phenolic OH excluding ortho intramolecular Hbond substituents is 1. The van der Waals surface area contributed by atoms with Gasteiger partial charge in [0.2, 0.25) is 3.79 Å². The molecule has 1 fully saturated rings. The Morgan fingerprint density at radius 3 is 2.16 bits per heavy atom. The SMILES string of the molecule is CO[C@@]1(N=Cc2cc(C(C)(C)C)c(O)c(C(C)(C)C)c2)C(=O)N2C(C(=O)OCC(Cl)(Cl)Cl)C(C)=CS[C@@H]21. The van der Waals surface area contributed by atoms with Crippen molar-refractivity contribution in [1.29, 1.82) is 0 Å². The quantitative estimate of drug-likeness (QED) is 0.200. The summed E-state index contributed by atoms with van der Waals surface area (Å²) in [6.45, 7) is 13.4. The zero-order valence-corrected chi connectivity index (χ0v) is 25.3. The monoisotopic (exact) mass is 590 g/mol. The van der Waals surface area contributed by atoms with Crippen molar-refractivity contribution in [2.45, 2.75) is 80.2 Å². The summed E-state index contributed by atoms with van der Waals surface area (Å²) < 4.78 is 9.07. The van der Waals surface area contributed by atoms with E-state index < -0.39 is 39.4 Å². The second-order valence-electron chi connectivity index (χ2n) is 11.3. The maximum atomic E-state index is 13.5. The first-order valence-electron chi connectivity index (χ1n) is 11.7. The van der Waals surface area contributed by atoms with Crippen molar-refractivity contribution in [1.82, 2.24) is 4.90 Å². The summed E-state index contributed by atoms with van der Waals surface area (Å²) in [6.07, 6.45) is 1.59. The fraction of sp³-hybridized carbons (Fsp3) is 0.577. The van der Waals surface area contributed by atoms with Crippen LogP contribution in [-0.2, 0) is 29.9 Å². The second kappa shape index (κ2) is 10.3. The number of carbonyl (C=O) groups excluding carboxylic acids is 2. The largest absolute Gasteiger partial charge is 0.507 e. The Hall–Kier alpha value is -1.45. The first-order valence-corrected chi connectivity index (χ1v) is 13.8. The zero-order chi connectivity index (χ0) is 28.1. The molecule has 1 unspecified atom stereocenters. The van der Waals surface area contributed by atoms with Crippen molar-refractivity contribution in [3.05, 3.63) is 39.8 Å². The lowest BCUT2D eigenvalue weighted by Gasteiger charge is -2.55. The molecule has 3 rings (SSSR count). The molecule has 3 atom stereocenters. The van der Waals surface area contributed by atoms with Gasteiger partial charge in [-0.2, -0.15) is 0 Å². The molecule has 11 heteroatoms. The highest BCUT2D eigenvalue weighted by Crippen LogP contribution is 2.48. The molecule has 37 heavy (non-hydrogen) atoms. The van der Waals surface area contributed by atoms with E-state index in [1.807, 2.05) is 53.7 Å². The molecule has 1 saturated heterocycles. The lowest BCUT2D eigenvalue weighted by atomic mass is 9.78. The van der Waals surface area contributed by atoms with E-state index in [-0.39, 0.29) is 16.6 Å². The number of fused-ring (bicyclic) bond motifs is 1. The maximum absolute atomic E-state index is 13.5. The number of aromatic hydroxyl groups is 1. The highest BCUT2D eigenvalue weighted by Gasteiger charge is 2.66. The van der Waals surface area contributed by atoms with Crippen LogP contribution >= 0.6 is 46.6 Å². The van der Waals surface area contributed by atoms with Crippen LogP contribution in [0.25, 0.3) is 0 Å².